The summed E-state index contributed by atoms with van der Waals surface area (Å²) >= 11 is 0. The molecule has 0 bridgehead atoms. The zero-order chi connectivity index (χ0) is 14.5. The van der Waals surface area contributed by atoms with Crippen molar-refractivity contribution in [2.45, 2.75) is 31.8 Å². The summed E-state index contributed by atoms with van der Waals surface area (Å²) in [6, 6.07) is 7.86. The third kappa shape index (κ3) is 3.81. The van der Waals surface area contributed by atoms with Crippen molar-refractivity contribution in [3.63, 3.8) is 0 Å². The fraction of sp³-hybridized carbons (Fsp3) is 0.562. The van der Waals surface area contributed by atoms with E-state index in [1.807, 2.05) is 12.1 Å². The van der Waals surface area contributed by atoms with Crippen LogP contribution in [0.1, 0.15) is 35.2 Å². The third-order valence-electron chi connectivity index (χ3n) is 4.13. The molecule has 0 aliphatic carbocycles. The Labute approximate surface area is 121 Å². The van der Waals surface area contributed by atoms with Gasteiger partial charge in [0.1, 0.15) is 0 Å². The molecular formula is C16H24N2O2. The number of likely N-dealkylation sites (N-methyl/N-ethyl adjacent to an activating group) is 2. The summed E-state index contributed by atoms with van der Waals surface area (Å²) in [5.41, 5.74) is 1.30. The molecule has 1 heterocycles. The molecule has 1 aromatic carbocycles. The number of carboxylic acid groups (broad SMARTS) is 1. The number of hydrogen-bond acceptors (Lipinski definition) is 3. The van der Waals surface area contributed by atoms with E-state index in [4.69, 9.17) is 0 Å². The summed E-state index contributed by atoms with van der Waals surface area (Å²) in [6.45, 7) is 2.85. The molecule has 0 aromatic heterocycles. The van der Waals surface area contributed by atoms with Gasteiger partial charge in [-0.1, -0.05) is 24.6 Å². The number of piperidine rings is 1. The third-order valence-corrected chi connectivity index (χ3v) is 4.13. The van der Waals surface area contributed by atoms with Crippen molar-refractivity contribution in [1.82, 2.24) is 9.80 Å². The number of likely N-dealkylation sites (tertiary alicyclic amines) is 1. The van der Waals surface area contributed by atoms with Gasteiger partial charge in [-0.2, -0.15) is 0 Å². The number of aromatic carboxylic acids is 1. The van der Waals surface area contributed by atoms with Crippen molar-refractivity contribution in [3.8, 4) is 0 Å². The summed E-state index contributed by atoms with van der Waals surface area (Å²) < 4.78 is 0. The predicted octanol–water partition coefficient (Wildman–Crippen LogP) is 2.30. The van der Waals surface area contributed by atoms with E-state index in [1.54, 1.807) is 12.1 Å². The van der Waals surface area contributed by atoms with Gasteiger partial charge in [-0.25, -0.2) is 4.79 Å². The summed E-state index contributed by atoms with van der Waals surface area (Å²) in [5.74, 6) is -0.844. The Bertz CT molecular complexity index is 462. The molecule has 4 nitrogen and oxygen atoms in total. The zero-order valence-corrected chi connectivity index (χ0v) is 12.4. The van der Waals surface area contributed by atoms with E-state index in [1.165, 1.54) is 25.8 Å². The molecule has 0 unspecified atom stereocenters. The van der Waals surface area contributed by atoms with Crippen LogP contribution in [0.4, 0.5) is 0 Å². The number of benzene rings is 1. The maximum absolute atomic E-state index is 11.2. The van der Waals surface area contributed by atoms with Crippen LogP contribution in [0.2, 0.25) is 0 Å². The maximum atomic E-state index is 11.2. The molecule has 1 aliphatic rings. The average Bonchev–Trinajstić information content (AvgIpc) is 2.41. The predicted molar refractivity (Wildman–Crippen MR) is 80.0 cm³/mol. The van der Waals surface area contributed by atoms with Crippen LogP contribution in [0, 0.1) is 0 Å². The first-order chi connectivity index (χ1) is 9.58. The Kier molecular flexibility index (Phi) is 5.15. The lowest BCUT2D eigenvalue weighted by Crippen LogP contribution is -2.43. The van der Waals surface area contributed by atoms with Gasteiger partial charge in [0.05, 0.1) is 5.56 Å². The lowest BCUT2D eigenvalue weighted by Gasteiger charge is -2.35. The van der Waals surface area contributed by atoms with Crippen LogP contribution in [-0.2, 0) is 6.54 Å². The van der Waals surface area contributed by atoms with Crippen LogP contribution in [0.15, 0.2) is 24.3 Å². The standard InChI is InChI=1S/C16H24N2O2/c1-17(12-14-8-5-6-10-18(14)2)11-13-7-3-4-9-15(13)16(19)20/h3-4,7,9,14H,5-6,8,10-12H2,1-2H3,(H,19,20)/t14-/m0/s1. The molecule has 2 rings (SSSR count). The molecule has 20 heavy (non-hydrogen) atoms. The van der Waals surface area contributed by atoms with Crippen molar-refractivity contribution in [2.24, 2.45) is 0 Å². The van der Waals surface area contributed by atoms with Crippen LogP contribution in [0.5, 0.6) is 0 Å². The molecule has 4 heteroatoms. The van der Waals surface area contributed by atoms with Gasteiger partial charge in [0.25, 0.3) is 0 Å². The zero-order valence-electron chi connectivity index (χ0n) is 12.4. The number of rotatable bonds is 5. The second-order valence-electron chi connectivity index (χ2n) is 5.79. The van der Waals surface area contributed by atoms with Crippen LogP contribution < -0.4 is 0 Å². The first-order valence-corrected chi connectivity index (χ1v) is 7.28. The lowest BCUT2D eigenvalue weighted by molar-refractivity contribution is 0.0694. The summed E-state index contributed by atoms with van der Waals surface area (Å²) in [5, 5.41) is 9.22. The molecule has 1 fully saturated rings. The smallest absolute Gasteiger partial charge is 0.336 e. The van der Waals surface area contributed by atoms with Crippen molar-refractivity contribution in [2.75, 3.05) is 27.2 Å². The topological polar surface area (TPSA) is 43.8 Å². The monoisotopic (exact) mass is 276 g/mol. The highest BCUT2D eigenvalue weighted by molar-refractivity contribution is 5.89. The fourth-order valence-corrected chi connectivity index (χ4v) is 2.96. The Balaban J connectivity index is 1.97. The van der Waals surface area contributed by atoms with Gasteiger partial charge in [0, 0.05) is 19.1 Å². The first-order valence-electron chi connectivity index (χ1n) is 7.28. The highest BCUT2D eigenvalue weighted by Crippen LogP contribution is 2.17. The largest absolute Gasteiger partial charge is 0.478 e. The number of carboxylic acids is 1. The van der Waals surface area contributed by atoms with Crippen molar-refractivity contribution >= 4 is 5.97 Å². The van der Waals surface area contributed by atoms with Crippen molar-refractivity contribution in [1.29, 1.82) is 0 Å². The maximum Gasteiger partial charge on any atom is 0.336 e. The van der Waals surface area contributed by atoms with Gasteiger partial charge < -0.3 is 14.9 Å². The van der Waals surface area contributed by atoms with Gasteiger partial charge in [0.15, 0.2) is 0 Å². The highest BCUT2D eigenvalue weighted by atomic mass is 16.4. The second kappa shape index (κ2) is 6.86. The molecule has 0 amide bonds. The van der Waals surface area contributed by atoms with Gasteiger partial charge in [-0.15, -0.1) is 0 Å². The minimum atomic E-state index is -0.844. The SMILES string of the molecule is CN(Cc1ccccc1C(=O)O)C[C@@H]1CCCCN1C. The Morgan fingerprint density at radius 1 is 1.40 bits per heavy atom. The summed E-state index contributed by atoms with van der Waals surface area (Å²) in [7, 11) is 4.25. The van der Waals surface area contributed by atoms with E-state index in [2.05, 4.69) is 23.9 Å². The van der Waals surface area contributed by atoms with E-state index in [-0.39, 0.29) is 0 Å². The molecule has 1 atom stereocenters. The van der Waals surface area contributed by atoms with Gasteiger partial charge in [-0.3, -0.25) is 0 Å². The molecule has 1 aliphatic heterocycles. The molecule has 1 N–H and O–H groups in total. The highest BCUT2D eigenvalue weighted by Gasteiger charge is 2.20. The Hall–Kier alpha value is -1.39. The lowest BCUT2D eigenvalue weighted by atomic mass is 10.0. The van der Waals surface area contributed by atoms with E-state index < -0.39 is 5.97 Å². The molecule has 1 aromatic rings. The van der Waals surface area contributed by atoms with Gasteiger partial charge in [0.2, 0.25) is 0 Å². The Morgan fingerprint density at radius 2 is 2.15 bits per heavy atom. The van der Waals surface area contributed by atoms with E-state index in [0.29, 0.717) is 18.2 Å². The van der Waals surface area contributed by atoms with E-state index >= 15 is 0 Å². The van der Waals surface area contributed by atoms with Crippen LogP contribution in [0.25, 0.3) is 0 Å². The molecule has 0 radical (unpaired) electrons. The molecule has 0 spiro atoms. The van der Waals surface area contributed by atoms with E-state index in [9.17, 15) is 9.90 Å². The molecular weight excluding hydrogens is 252 g/mol. The van der Waals surface area contributed by atoms with Crippen LogP contribution in [-0.4, -0.2) is 54.1 Å². The minimum Gasteiger partial charge on any atom is -0.478 e. The first kappa shape index (κ1) is 15.0. The van der Waals surface area contributed by atoms with Crippen molar-refractivity contribution in [3.05, 3.63) is 35.4 Å². The molecule has 1 saturated heterocycles. The normalized spacial score (nSPS) is 20.2. The number of nitrogens with zero attached hydrogens (tertiary/aromatic N) is 2. The van der Waals surface area contributed by atoms with Gasteiger partial charge in [-0.05, 0) is 45.1 Å². The van der Waals surface area contributed by atoms with Gasteiger partial charge >= 0.3 is 5.97 Å². The number of carbonyl (C=O) groups is 1. The summed E-state index contributed by atoms with van der Waals surface area (Å²) in [6.07, 6.45) is 3.83. The average molecular weight is 276 g/mol. The Morgan fingerprint density at radius 3 is 2.85 bits per heavy atom. The van der Waals surface area contributed by atoms with Crippen LogP contribution in [0.3, 0.4) is 0 Å². The van der Waals surface area contributed by atoms with Crippen LogP contribution >= 0.6 is 0 Å². The summed E-state index contributed by atoms with van der Waals surface area (Å²) in [4.78, 5) is 15.9. The molecule has 110 valence electrons. The van der Waals surface area contributed by atoms with Crippen molar-refractivity contribution < 1.29 is 9.90 Å². The second-order valence-corrected chi connectivity index (χ2v) is 5.79. The quantitative estimate of drug-likeness (QED) is 0.896. The fourth-order valence-electron chi connectivity index (χ4n) is 2.96. The minimum absolute atomic E-state index is 0.413. The van der Waals surface area contributed by atoms with E-state index in [0.717, 1.165) is 12.1 Å². The molecule has 0 saturated carbocycles. The number of hydrogen-bond donors (Lipinski definition) is 1.